The third kappa shape index (κ3) is 6.24. The van der Waals surface area contributed by atoms with Gasteiger partial charge in [0.05, 0.1) is 12.8 Å². The molecular weight excluding hydrogens is 399 g/mol. The molecule has 8 heteroatoms. The number of aromatic nitrogens is 1. The Morgan fingerprint density at radius 2 is 1.82 bits per heavy atom. The minimum atomic E-state index is -0.268. The number of benzene rings is 2. The summed E-state index contributed by atoms with van der Waals surface area (Å²) in [6.45, 7) is -0.0967. The van der Waals surface area contributed by atoms with Crippen LogP contribution in [0.2, 0.25) is 0 Å². The number of thiazole rings is 1. The van der Waals surface area contributed by atoms with E-state index in [1.54, 1.807) is 55.3 Å². The van der Waals surface area contributed by atoms with Crippen LogP contribution in [0.15, 0.2) is 53.9 Å². The summed E-state index contributed by atoms with van der Waals surface area (Å²) in [7, 11) is 1.59. The highest BCUT2D eigenvalue weighted by Crippen LogP contribution is 2.22. The number of thioether (sulfide) groups is 1. The number of rotatable bonds is 9. The lowest BCUT2D eigenvalue weighted by molar-refractivity contribution is -0.118. The van der Waals surface area contributed by atoms with Gasteiger partial charge in [-0.25, -0.2) is 9.37 Å². The van der Waals surface area contributed by atoms with Crippen LogP contribution in [0.25, 0.3) is 0 Å². The van der Waals surface area contributed by atoms with E-state index in [1.165, 1.54) is 23.5 Å². The molecule has 1 N–H and O–H groups in total. The molecule has 28 heavy (non-hydrogen) atoms. The largest absolute Gasteiger partial charge is 0.497 e. The predicted molar refractivity (Wildman–Crippen MR) is 111 cm³/mol. The second-order valence-corrected chi connectivity index (χ2v) is 7.62. The molecule has 0 aliphatic rings. The summed E-state index contributed by atoms with van der Waals surface area (Å²) in [6, 6.07) is 13.5. The Hall–Kier alpha value is -2.58. The topological polar surface area (TPSA) is 60.5 Å². The van der Waals surface area contributed by atoms with Crippen LogP contribution in [0.4, 0.5) is 9.52 Å². The molecule has 5 nitrogen and oxygen atoms in total. The zero-order valence-electron chi connectivity index (χ0n) is 15.2. The lowest BCUT2D eigenvalue weighted by atomic mass is 10.2. The first kappa shape index (κ1) is 20.2. The van der Waals surface area contributed by atoms with Gasteiger partial charge >= 0.3 is 0 Å². The van der Waals surface area contributed by atoms with Gasteiger partial charge in [-0.05, 0) is 42.0 Å². The van der Waals surface area contributed by atoms with E-state index in [2.05, 4.69) is 10.3 Å². The number of halogens is 1. The summed E-state index contributed by atoms with van der Waals surface area (Å²) in [5.41, 5.74) is 1.95. The van der Waals surface area contributed by atoms with Crippen molar-refractivity contribution in [1.29, 1.82) is 0 Å². The summed E-state index contributed by atoms with van der Waals surface area (Å²) in [5, 5.41) is 5.19. The minimum Gasteiger partial charge on any atom is -0.497 e. The summed E-state index contributed by atoms with van der Waals surface area (Å²) < 4.78 is 23.4. The first-order chi connectivity index (χ1) is 13.6. The molecule has 3 rings (SSSR count). The van der Waals surface area contributed by atoms with Crippen LogP contribution in [-0.4, -0.2) is 24.6 Å². The molecule has 0 saturated carbocycles. The summed E-state index contributed by atoms with van der Waals surface area (Å²) in [5.74, 6) is 2.30. The van der Waals surface area contributed by atoms with Crippen molar-refractivity contribution in [2.75, 3.05) is 19.0 Å². The Morgan fingerprint density at radius 3 is 2.54 bits per heavy atom. The number of hydrogen-bond acceptors (Lipinski definition) is 6. The van der Waals surface area contributed by atoms with Gasteiger partial charge in [0, 0.05) is 16.9 Å². The summed E-state index contributed by atoms with van der Waals surface area (Å²) in [6.07, 6.45) is 0. The second kappa shape index (κ2) is 10.1. The van der Waals surface area contributed by atoms with Crippen LogP contribution >= 0.6 is 23.1 Å². The van der Waals surface area contributed by atoms with Gasteiger partial charge in [-0.1, -0.05) is 12.1 Å². The van der Waals surface area contributed by atoms with Crippen LogP contribution < -0.4 is 14.8 Å². The van der Waals surface area contributed by atoms with E-state index in [4.69, 9.17) is 9.47 Å². The average Bonchev–Trinajstić information content (AvgIpc) is 3.15. The van der Waals surface area contributed by atoms with Crippen LogP contribution in [-0.2, 0) is 16.3 Å². The van der Waals surface area contributed by atoms with Crippen LogP contribution in [0.3, 0.4) is 0 Å². The molecular formula is C20H19FN2O3S2. The number of carbonyl (C=O) groups is 1. The van der Waals surface area contributed by atoms with Gasteiger partial charge in [-0.3, -0.25) is 10.1 Å². The number of carbonyl (C=O) groups excluding carboxylic acids is 1. The van der Waals surface area contributed by atoms with Gasteiger partial charge < -0.3 is 9.47 Å². The molecule has 0 atom stereocenters. The Balaban J connectivity index is 1.40. The second-order valence-electron chi connectivity index (χ2n) is 5.78. The third-order valence-electron chi connectivity index (χ3n) is 3.66. The lowest BCUT2D eigenvalue weighted by Crippen LogP contribution is -2.20. The van der Waals surface area contributed by atoms with Gasteiger partial charge in [-0.2, -0.15) is 11.8 Å². The molecule has 0 spiro atoms. The molecule has 0 saturated heterocycles. The van der Waals surface area contributed by atoms with E-state index in [9.17, 15) is 9.18 Å². The Labute approximate surface area is 170 Å². The first-order valence-corrected chi connectivity index (χ1v) is 10.5. The summed E-state index contributed by atoms with van der Waals surface area (Å²) >= 11 is 3.06. The van der Waals surface area contributed by atoms with Crippen molar-refractivity contribution in [2.24, 2.45) is 0 Å². The number of hydrogen-bond donors (Lipinski definition) is 1. The molecule has 0 fully saturated rings. The van der Waals surface area contributed by atoms with E-state index in [-0.39, 0.29) is 18.3 Å². The van der Waals surface area contributed by atoms with Crippen molar-refractivity contribution in [1.82, 2.24) is 4.98 Å². The monoisotopic (exact) mass is 418 g/mol. The molecule has 1 amide bonds. The van der Waals surface area contributed by atoms with E-state index in [0.29, 0.717) is 16.6 Å². The number of nitrogens with zero attached hydrogens (tertiary/aromatic N) is 1. The lowest BCUT2D eigenvalue weighted by Gasteiger charge is -2.06. The van der Waals surface area contributed by atoms with E-state index in [1.807, 2.05) is 5.38 Å². The predicted octanol–water partition coefficient (Wildman–Crippen LogP) is 4.74. The van der Waals surface area contributed by atoms with Gasteiger partial charge in [0.1, 0.15) is 17.3 Å². The van der Waals surface area contributed by atoms with Crippen molar-refractivity contribution in [3.8, 4) is 11.5 Å². The van der Waals surface area contributed by atoms with Crippen LogP contribution in [0.1, 0.15) is 11.3 Å². The normalized spacial score (nSPS) is 10.5. The molecule has 1 aromatic heterocycles. The maximum atomic E-state index is 12.9. The number of anilines is 1. The summed E-state index contributed by atoms with van der Waals surface area (Å²) in [4.78, 5) is 16.4. The first-order valence-electron chi connectivity index (χ1n) is 8.45. The molecule has 146 valence electrons. The van der Waals surface area contributed by atoms with Gasteiger partial charge in [0.25, 0.3) is 5.91 Å². The Kier molecular flexibility index (Phi) is 7.27. The highest BCUT2D eigenvalue weighted by molar-refractivity contribution is 7.97. The SMILES string of the molecule is COc1ccc(OCC(=O)Nc2nc(CSCc3ccc(F)cc3)cs2)cc1. The number of methoxy groups -OCH3 is 1. The van der Waals surface area contributed by atoms with Crippen molar-refractivity contribution in [2.45, 2.75) is 11.5 Å². The van der Waals surface area contributed by atoms with E-state index >= 15 is 0 Å². The zero-order chi connectivity index (χ0) is 19.8. The van der Waals surface area contributed by atoms with E-state index < -0.39 is 0 Å². The van der Waals surface area contributed by atoms with Gasteiger partial charge in [0.15, 0.2) is 11.7 Å². The molecule has 2 aromatic carbocycles. The van der Waals surface area contributed by atoms with Crippen molar-refractivity contribution < 1.29 is 18.7 Å². The average molecular weight is 419 g/mol. The highest BCUT2D eigenvalue weighted by Gasteiger charge is 2.08. The standard InChI is InChI=1S/C20H19FN2O3S2/c1-25-17-6-8-18(9-7-17)26-10-19(24)23-20-22-16(13-28-20)12-27-11-14-2-4-15(21)5-3-14/h2-9,13H,10-12H2,1H3,(H,22,23,24). The van der Waals surface area contributed by atoms with Gasteiger partial charge in [0.2, 0.25) is 0 Å². The van der Waals surface area contributed by atoms with Crippen LogP contribution in [0.5, 0.6) is 11.5 Å². The Morgan fingerprint density at radius 1 is 1.11 bits per heavy atom. The maximum absolute atomic E-state index is 12.9. The smallest absolute Gasteiger partial charge is 0.264 e. The number of amides is 1. The molecule has 0 radical (unpaired) electrons. The minimum absolute atomic E-state index is 0.0967. The number of ether oxygens (including phenoxy) is 2. The fourth-order valence-electron chi connectivity index (χ4n) is 2.26. The van der Waals surface area contributed by atoms with Gasteiger partial charge in [-0.15, -0.1) is 11.3 Å². The van der Waals surface area contributed by atoms with E-state index in [0.717, 1.165) is 22.8 Å². The molecule has 1 heterocycles. The molecule has 0 bridgehead atoms. The molecule has 0 aliphatic carbocycles. The zero-order valence-corrected chi connectivity index (χ0v) is 16.8. The number of nitrogens with one attached hydrogen (secondary N) is 1. The fourth-order valence-corrected chi connectivity index (χ4v) is 3.98. The van der Waals surface area contributed by atoms with Crippen molar-refractivity contribution in [3.63, 3.8) is 0 Å². The molecule has 0 unspecified atom stereocenters. The van der Waals surface area contributed by atoms with Crippen LogP contribution in [0, 0.1) is 5.82 Å². The highest BCUT2D eigenvalue weighted by atomic mass is 32.2. The van der Waals surface area contributed by atoms with Crippen molar-refractivity contribution >= 4 is 34.1 Å². The molecule has 3 aromatic rings. The quantitative estimate of drug-likeness (QED) is 0.544. The molecule has 0 aliphatic heterocycles. The van der Waals surface area contributed by atoms with Crippen molar-refractivity contribution in [3.05, 3.63) is 71.0 Å². The third-order valence-corrected chi connectivity index (χ3v) is 5.50. The maximum Gasteiger partial charge on any atom is 0.264 e. The Bertz CT molecular complexity index is 899. The fraction of sp³-hybridized carbons (Fsp3) is 0.200.